The van der Waals surface area contributed by atoms with Gasteiger partial charge >= 0.3 is 12.1 Å². The molecule has 1 aliphatic carbocycles. The van der Waals surface area contributed by atoms with Gasteiger partial charge < -0.3 is 15.2 Å². The molecule has 0 aromatic carbocycles. The lowest BCUT2D eigenvalue weighted by atomic mass is 9.66. The maximum Gasteiger partial charge on any atom is 0.421 e. The van der Waals surface area contributed by atoms with E-state index >= 15 is 0 Å². The Morgan fingerprint density at radius 2 is 2.08 bits per heavy atom. The van der Waals surface area contributed by atoms with Gasteiger partial charge in [0, 0.05) is 12.6 Å². The number of nitrogens with zero attached hydrogens (tertiary/aromatic N) is 1. The molecule has 1 fully saturated rings. The maximum atomic E-state index is 12.7. The minimum Gasteiger partial charge on any atom is -0.481 e. The molecule has 0 bridgehead atoms. The number of rotatable bonds is 7. The van der Waals surface area contributed by atoms with E-state index in [9.17, 15) is 22.8 Å². The molecule has 0 spiro atoms. The van der Waals surface area contributed by atoms with E-state index in [1.54, 1.807) is 0 Å². The number of carboxylic acid groups (broad SMARTS) is 1. The summed E-state index contributed by atoms with van der Waals surface area (Å²) in [6, 6.07) is 2.01. The van der Waals surface area contributed by atoms with Crippen molar-refractivity contribution in [2.75, 3.05) is 13.2 Å². The second-order valence-corrected chi connectivity index (χ2v) is 5.67. The summed E-state index contributed by atoms with van der Waals surface area (Å²) in [5, 5.41) is 11.6. The Balaban J connectivity index is 1.79. The molecule has 2 N–H and O–H groups in total. The Morgan fingerprint density at radius 1 is 1.38 bits per heavy atom. The summed E-state index contributed by atoms with van der Waals surface area (Å²) in [5.74, 6) is -2.01. The average Bonchev–Trinajstić information content (AvgIpc) is 2.46. The summed E-state index contributed by atoms with van der Waals surface area (Å²) < 4.78 is 43.2. The van der Waals surface area contributed by atoms with Crippen LogP contribution in [0.25, 0.3) is 0 Å². The van der Waals surface area contributed by atoms with Crippen LogP contribution in [0.5, 0.6) is 5.88 Å². The highest BCUT2D eigenvalue weighted by atomic mass is 19.4. The van der Waals surface area contributed by atoms with Crippen molar-refractivity contribution in [2.45, 2.75) is 31.9 Å². The number of hydrogen-bond acceptors (Lipinski definition) is 4. The molecule has 0 aliphatic heterocycles. The predicted molar refractivity (Wildman–Crippen MR) is 76.3 cm³/mol. The van der Waals surface area contributed by atoms with Crippen LogP contribution in [-0.4, -0.2) is 35.1 Å². The zero-order chi connectivity index (χ0) is 17.8. The molecule has 2 rings (SSSR count). The van der Waals surface area contributed by atoms with Crippen molar-refractivity contribution in [1.29, 1.82) is 0 Å². The van der Waals surface area contributed by atoms with Crippen LogP contribution in [0.3, 0.4) is 0 Å². The normalized spacial score (nSPS) is 16.1. The monoisotopic (exact) mass is 346 g/mol. The SMILES string of the molecule is O=C(CC1(C(=O)O)CCC1)NCCOc1ncccc1C(F)(F)F. The van der Waals surface area contributed by atoms with Gasteiger partial charge in [-0.2, -0.15) is 13.2 Å². The van der Waals surface area contributed by atoms with Crippen LogP contribution < -0.4 is 10.1 Å². The third-order valence-electron chi connectivity index (χ3n) is 4.00. The van der Waals surface area contributed by atoms with Crippen molar-refractivity contribution < 1.29 is 32.6 Å². The van der Waals surface area contributed by atoms with Crippen molar-refractivity contribution in [3.63, 3.8) is 0 Å². The second kappa shape index (κ2) is 7.06. The fourth-order valence-corrected chi connectivity index (χ4v) is 2.50. The number of carboxylic acids is 1. The van der Waals surface area contributed by atoms with Crippen LogP contribution in [-0.2, 0) is 15.8 Å². The molecular weight excluding hydrogens is 329 g/mol. The van der Waals surface area contributed by atoms with Gasteiger partial charge in [0.25, 0.3) is 0 Å². The van der Waals surface area contributed by atoms with Gasteiger partial charge in [-0.15, -0.1) is 0 Å². The zero-order valence-corrected chi connectivity index (χ0v) is 12.7. The van der Waals surface area contributed by atoms with Crippen molar-refractivity contribution in [3.8, 4) is 5.88 Å². The molecule has 1 saturated carbocycles. The van der Waals surface area contributed by atoms with Gasteiger partial charge in [0.05, 0.1) is 12.0 Å². The van der Waals surface area contributed by atoms with Gasteiger partial charge in [-0.3, -0.25) is 9.59 Å². The highest BCUT2D eigenvalue weighted by molar-refractivity contribution is 5.85. The van der Waals surface area contributed by atoms with E-state index in [-0.39, 0.29) is 19.6 Å². The number of ether oxygens (including phenoxy) is 1. The topological polar surface area (TPSA) is 88.5 Å². The van der Waals surface area contributed by atoms with Crippen LogP contribution in [0.4, 0.5) is 13.2 Å². The standard InChI is InChI=1S/C15H17F3N2O4/c16-15(17,18)10-3-1-6-20-12(10)24-8-7-19-11(21)9-14(13(22)23)4-2-5-14/h1,3,6H,2,4-5,7-9H2,(H,19,21)(H,22,23). The molecule has 0 atom stereocenters. The first-order valence-electron chi connectivity index (χ1n) is 7.40. The molecule has 9 heteroatoms. The molecule has 1 aromatic heterocycles. The largest absolute Gasteiger partial charge is 0.481 e. The number of aliphatic carboxylic acids is 1. The summed E-state index contributed by atoms with van der Waals surface area (Å²) in [4.78, 5) is 26.5. The summed E-state index contributed by atoms with van der Waals surface area (Å²) >= 11 is 0. The van der Waals surface area contributed by atoms with Crippen LogP contribution in [0.15, 0.2) is 18.3 Å². The zero-order valence-electron chi connectivity index (χ0n) is 12.7. The van der Waals surface area contributed by atoms with Crippen LogP contribution in [0, 0.1) is 5.41 Å². The molecule has 1 aromatic rings. The lowest BCUT2D eigenvalue weighted by molar-refractivity contribution is -0.157. The highest BCUT2D eigenvalue weighted by Gasteiger charge is 2.45. The van der Waals surface area contributed by atoms with E-state index in [0.29, 0.717) is 12.8 Å². The van der Waals surface area contributed by atoms with Crippen LogP contribution in [0.2, 0.25) is 0 Å². The lowest BCUT2D eigenvalue weighted by Gasteiger charge is -2.36. The van der Waals surface area contributed by atoms with Gasteiger partial charge in [0.2, 0.25) is 11.8 Å². The van der Waals surface area contributed by atoms with Crippen LogP contribution >= 0.6 is 0 Å². The van der Waals surface area contributed by atoms with Crippen molar-refractivity contribution in [2.24, 2.45) is 5.41 Å². The molecular formula is C15H17F3N2O4. The third kappa shape index (κ3) is 4.15. The Bertz CT molecular complexity index is 615. The first-order valence-corrected chi connectivity index (χ1v) is 7.40. The first-order chi connectivity index (χ1) is 11.2. The Hall–Kier alpha value is -2.32. The number of pyridine rings is 1. The van der Waals surface area contributed by atoms with Gasteiger partial charge in [0.1, 0.15) is 12.2 Å². The van der Waals surface area contributed by atoms with Gasteiger partial charge in [-0.25, -0.2) is 4.98 Å². The van der Waals surface area contributed by atoms with Gasteiger partial charge in [-0.05, 0) is 25.0 Å². The number of halogens is 3. The Morgan fingerprint density at radius 3 is 2.62 bits per heavy atom. The summed E-state index contributed by atoms with van der Waals surface area (Å²) in [7, 11) is 0. The van der Waals surface area contributed by atoms with Crippen molar-refractivity contribution in [1.82, 2.24) is 10.3 Å². The Labute approximate surface area is 136 Å². The number of aromatic nitrogens is 1. The minimum absolute atomic E-state index is 0.0393. The molecule has 0 saturated heterocycles. The second-order valence-electron chi connectivity index (χ2n) is 5.67. The third-order valence-corrected chi connectivity index (χ3v) is 4.00. The van der Waals surface area contributed by atoms with E-state index in [0.717, 1.165) is 18.6 Å². The molecule has 6 nitrogen and oxygen atoms in total. The van der Waals surface area contributed by atoms with Gasteiger partial charge in [-0.1, -0.05) is 6.42 Å². The first kappa shape index (κ1) is 18.0. The van der Waals surface area contributed by atoms with E-state index in [4.69, 9.17) is 9.84 Å². The number of amides is 1. The molecule has 1 heterocycles. The van der Waals surface area contributed by atoms with E-state index in [2.05, 4.69) is 10.3 Å². The number of carbonyl (C=O) groups is 2. The van der Waals surface area contributed by atoms with Gasteiger partial charge in [0.15, 0.2) is 0 Å². The van der Waals surface area contributed by atoms with Crippen molar-refractivity contribution >= 4 is 11.9 Å². The minimum atomic E-state index is -4.58. The lowest BCUT2D eigenvalue weighted by Crippen LogP contribution is -2.43. The summed E-state index contributed by atoms with van der Waals surface area (Å²) in [6.45, 7) is -0.242. The van der Waals surface area contributed by atoms with Crippen molar-refractivity contribution in [3.05, 3.63) is 23.9 Å². The quantitative estimate of drug-likeness (QED) is 0.739. The number of carbonyl (C=O) groups excluding carboxylic acids is 1. The van der Waals surface area contributed by atoms with Crippen LogP contribution in [0.1, 0.15) is 31.2 Å². The average molecular weight is 346 g/mol. The maximum absolute atomic E-state index is 12.7. The molecule has 0 radical (unpaired) electrons. The number of alkyl halides is 3. The fourth-order valence-electron chi connectivity index (χ4n) is 2.50. The highest BCUT2D eigenvalue weighted by Crippen LogP contribution is 2.44. The molecule has 0 unspecified atom stereocenters. The molecule has 1 amide bonds. The summed E-state index contributed by atoms with van der Waals surface area (Å²) in [5.41, 5.74) is -1.99. The summed E-state index contributed by atoms with van der Waals surface area (Å²) in [6.07, 6.45) is -1.87. The number of hydrogen-bond donors (Lipinski definition) is 2. The fraction of sp³-hybridized carbons (Fsp3) is 0.533. The molecule has 24 heavy (non-hydrogen) atoms. The number of nitrogens with one attached hydrogen (secondary N) is 1. The smallest absolute Gasteiger partial charge is 0.421 e. The Kier molecular flexibility index (Phi) is 5.30. The molecule has 132 valence electrons. The predicted octanol–water partition coefficient (Wildman–Crippen LogP) is 2.24. The molecule has 1 aliphatic rings. The van der Waals surface area contributed by atoms with E-state index in [1.165, 1.54) is 6.20 Å². The van der Waals surface area contributed by atoms with E-state index in [1.807, 2.05) is 0 Å². The van der Waals surface area contributed by atoms with E-state index < -0.39 is 34.9 Å².